The number of hydrogen-bond acceptors (Lipinski definition) is 5. The Labute approximate surface area is 219 Å². The van der Waals surface area contributed by atoms with Crippen molar-refractivity contribution in [2.24, 2.45) is 4.99 Å². The zero-order chi connectivity index (χ0) is 24.8. The molecule has 0 aliphatic heterocycles. The zero-order valence-corrected chi connectivity index (χ0v) is 22.4. The second kappa shape index (κ2) is 11.7. The number of carbonyl (C=O) groups excluding carboxylic acids is 1. The van der Waals surface area contributed by atoms with Crippen molar-refractivity contribution < 1.29 is 9.53 Å². The first-order valence-electron chi connectivity index (χ1n) is 11.8. The molecule has 0 unspecified atom stereocenters. The van der Waals surface area contributed by atoms with Gasteiger partial charge in [0.15, 0.2) is 6.61 Å². The average molecular weight is 551 g/mol. The van der Waals surface area contributed by atoms with E-state index in [4.69, 9.17) is 15.0 Å². The Kier molecular flexibility index (Phi) is 8.37. The number of nitrogens with one attached hydrogen (secondary N) is 1. The zero-order valence-electron chi connectivity index (χ0n) is 20.0. The summed E-state index contributed by atoms with van der Waals surface area (Å²) in [5.41, 5.74) is 5.73. The van der Waals surface area contributed by atoms with Gasteiger partial charge in [-0.15, -0.1) is 11.3 Å². The van der Waals surface area contributed by atoms with Crippen molar-refractivity contribution in [3.63, 3.8) is 0 Å². The van der Waals surface area contributed by atoms with Gasteiger partial charge in [-0.05, 0) is 102 Å². The Morgan fingerprint density at radius 1 is 1.17 bits per heavy atom. The molecule has 7 heteroatoms. The maximum Gasteiger partial charge on any atom is 0.259 e. The van der Waals surface area contributed by atoms with Gasteiger partial charge >= 0.3 is 0 Å². The minimum atomic E-state index is -0.0923. The number of amides is 1. The van der Waals surface area contributed by atoms with Crippen LogP contribution in [0.15, 0.2) is 45.9 Å². The van der Waals surface area contributed by atoms with Gasteiger partial charge in [0.25, 0.3) is 5.91 Å². The first-order valence-corrected chi connectivity index (χ1v) is 13.4. The van der Waals surface area contributed by atoms with Gasteiger partial charge in [-0.3, -0.25) is 4.79 Å². The minimum Gasteiger partial charge on any atom is -0.478 e. The molecule has 1 aromatic heterocycles. The molecule has 0 fully saturated rings. The van der Waals surface area contributed by atoms with Crippen molar-refractivity contribution in [2.45, 2.75) is 52.4 Å². The molecule has 35 heavy (non-hydrogen) atoms. The molecule has 3 aromatic rings. The summed E-state index contributed by atoms with van der Waals surface area (Å²) in [7, 11) is 0. The smallest absolute Gasteiger partial charge is 0.259 e. The third-order valence-corrected chi connectivity index (χ3v) is 7.92. The van der Waals surface area contributed by atoms with E-state index in [9.17, 15) is 4.79 Å². The highest BCUT2D eigenvalue weighted by Gasteiger charge is 2.24. The average Bonchev–Trinajstić information content (AvgIpc) is 3.15. The van der Waals surface area contributed by atoms with E-state index in [-0.39, 0.29) is 12.5 Å². The topological polar surface area (TPSA) is 74.5 Å². The van der Waals surface area contributed by atoms with Gasteiger partial charge in [0.2, 0.25) is 0 Å². The van der Waals surface area contributed by atoms with Crippen molar-refractivity contribution in [2.75, 3.05) is 11.9 Å². The van der Waals surface area contributed by atoms with Crippen molar-refractivity contribution in [3.05, 3.63) is 73.6 Å². The molecule has 1 aliphatic carbocycles. The van der Waals surface area contributed by atoms with Gasteiger partial charge in [0, 0.05) is 16.8 Å². The lowest BCUT2D eigenvalue weighted by Crippen LogP contribution is -2.15. The number of aryl methyl sites for hydroxylation is 3. The van der Waals surface area contributed by atoms with E-state index in [0.29, 0.717) is 11.3 Å². The summed E-state index contributed by atoms with van der Waals surface area (Å²) in [5.74, 6) is 0.515. The lowest BCUT2D eigenvalue weighted by molar-refractivity contribution is 0.102. The van der Waals surface area contributed by atoms with Crippen molar-refractivity contribution in [1.82, 2.24) is 0 Å². The lowest BCUT2D eigenvalue weighted by atomic mass is 9.96. The van der Waals surface area contributed by atoms with Crippen LogP contribution in [0, 0.1) is 25.2 Å². The predicted octanol–water partition coefficient (Wildman–Crippen LogP) is 7.69. The largest absolute Gasteiger partial charge is 0.478 e. The van der Waals surface area contributed by atoms with Crippen molar-refractivity contribution in [3.8, 4) is 11.8 Å². The van der Waals surface area contributed by atoms with Gasteiger partial charge in [0.05, 0.1) is 10.0 Å². The number of rotatable bonds is 6. The SMILES string of the molecule is Cc1ccc(C)c(NC(=O)c2c(N=Cc3ccc(OCC#N)c(Br)c3)sc3c2CCCCCC3)c1. The van der Waals surface area contributed by atoms with Gasteiger partial charge in [-0.2, -0.15) is 5.26 Å². The first-order chi connectivity index (χ1) is 17.0. The van der Waals surface area contributed by atoms with Crippen LogP contribution < -0.4 is 10.1 Å². The molecule has 0 radical (unpaired) electrons. The van der Waals surface area contributed by atoms with E-state index < -0.39 is 0 Å². The highest BCUT2D eigenvalue weighted by Crippen LogP contribution is 2.39. The molecule has 1 aliphatic rings. The molecule has 4 rings (SSSR count). The summed E-state index contributed by atoms with van der Waals surface area (Å²) >= 11 is 5.13. The molecule has 180 valence electrons. The number of aliphatic imine (C=N–C) groups is 1. The Morgan fingerprint density at radius 3 is 2.74 bits per heavy atom. The number of hydrogen-bond donors (Lipinski definition) is 1. The Bertz CT molecular complexity index is 1310. The first kappa shape index (κ1) is 25.2. The van der Waals surface area contributed by atoms with Gasteiger partial charge in [-0.1, -0.05) is 25.0 Å². The second-order valence-corrected chi connectivity index (χ2v) is 10.7. The number of ether oxygens (including phenoxy) is 1. The van der Waals surface area contributed by atoms with Crippen LogP contribution in [-0.2, 0) is 12.8 Å². The predicted molar refractivity (Wildman–Crippen MR) is 147 cm³/mol. The summed E-state index contributed by atoms with van der Waals surface area (Å²) < 4.78 is 6.16. The van der Waals surface area contributed by atoms with Crippen molar-refractivity contribution >= 4 is 50.1 Å². The van der Waals surface area contributed by atoms with E-state index in [1.54, 1.807) is 17.6 Å². The van der Waals surface area contributed by atoms with Crippen LogP contribution in [0.1, 0.15) is 63.2 Å². The van der Waals surface area contributed by atoms with E-state index >= 15 is 0 Å². The number of carbonyl (C=O) groups is 1. The van der Waals surface area contributed by atoms with Crippen LogP contribution in [0.4, 0.5) is 10.7 Å². The Hall–Kier alpha value is -2.95. The van der Waals surface area contributed by atoms with Crippen LogP contribution in [0.25, 0.3) is 0 Å². The van der Waals surface area contributed by atoms with Gasteiger partial charge in [0.1, 0.15) is 16.8 Å². The summed E-state index contributed by atoms with van der Waals surface area (Å²) in [6.45, 7) is 4.03. The van der Waals surface area contributed by atoms with Crippen LogP contribution >= 0.6 is 27.3 Å². The normalized spacial score (nSPS) is 13.5. The highest BCUT2D eigenvalue weighted by atomic mass is 79.9. The van der Waals surface area contributed by atoms with E-state index in [1.807, 2.05) is 50.2 Å². The van der Waals surface area contributed by atoms with E-state index in [1.165, 1.54) is 17.7 Å². The van der Waals surface area contributed by atoms with E-state index in [0.717, 1.165) is 63.1 Å². The number of halogens is 1. The summed E-state index contributed by atoms with van der Waals surface area (Å²) in [4.78, 5) is 19.7. The Balaban J connectivity index is 1.68. The fraction of sp³-hybridized carbons (Fsp3) is 0.321. The number of anilines is 1. The van der Waals surface area contributed by atoms with Crippen LogP contribution in [0.5, 0.6) is 5.75 Å². The third-order valence-electron chi connectivity index (χ3n) is 6.10. The summed E-state index contributed by atoms with van der Waals surface area (Å²) in [5, 5.41) is 12.6. The van der Waals surface area contributed by atoms with E-state index in [2.05, 4.69) is 27.3 Å². The lowest BCUT2D eigenvalue weighted by Gasteiger charge is -2.13. The van der Waals surface area contributed by atoms with Crippen molar-refractivity contribution in [1.29, 1.82) is 5.26 Å². The molecular weight excluding hydrogens is 522 g/mol. The van der Waals surface area contributed by atoms with Gasteiger partial charge < -0.3 is 10.1 Å². The minimum absolute atomic E-state index is 0.00826. The summed E-state index contributed by atoms with van der Waals surface area (Å²) in [6, 6.07) is 13.7. The van der Waals surface area contributed by atoms with Gasteiger partial charge in [-0.25, -0.2) is 4.99 Å². The maximum atomic E-state index is 13.6. The number of fused-ring (bicyclic) bond motifs is 1. The molecule has 0 bridgehead atoms. The fourth-order valence-electron chi connectivity index (χ4n) is 4.24. The molecular formula is C28H28BrN3O2S. The molecule has 1 N–H and O–H groups in total. The molecule has 0 spiro atoms. The number of nitrogens with zero attached hydrogens (tertiary/aromatic N) is 2. The van der Waals surface area contributed by atoms with Crippen LogP contribution in [0.2, 0.25) is 0 Å². The van der Waals surface area contributed by atoms with Crippen LogP contribution in [0.3, 0.4) is 0 Å². The fourth-order valence-corrected chi connectivity index (χ4v) is 5.98. The Morgan fingerprint density at radius 2 is 1.97 bits per heavy atom. The quantitative estimate of drug-likeness (QED) is 0.320. The summed E-state index contributed by atoms with van der Waals surface area (Å²) in [6.07, 6.45) is 8.35. The number of thiophene rings is 1. The molecule has 0 saturated carbocycles. The molecule has 5 nitrogen and oxygen atoms in total. The molecule has 2 aromatic carbocycles. The maximum absolute atomic E-state index is 13.6. The standard InChI is InChI=1S/C28H28BrN3O2S/c1-18-9-10-19(2)23(15-18)32-27(33)26-21-7-5-3-4-6-8-25(21)35-28(26)31-17-20-11-12-24(22(29)16-20)34-14-13-30/h9-12,15-17H,3-8,14H2,1-2H3,(H,32,33). The molecule has 1 amide bonds. The molecule has 0 saturated heterocycles. The number of benzene rings is 2. The second-order valence-electron chi connectivity index (χ2n) is 8.77. The molecule has 1 heterocycles. The number of nitriles is 1. The highest BCUT2D eigenvalue weighted by molar-refractivity contribution is 9.10. The third kappa shape index (κ3) is 6.19. The van der Waals surface area contributed by atoms with Crippen LogP contribution in [-0.4, -0.2) is 18.7 Å². The molecule has 0 atom stereocenters. The monoisotopic (exact) mass is 549 g/mol.